The van der Waals surface area contributed by atoms with Crippen LogP contribution in [0.2, 0.25) is 0 Å². The Morgan fingerprint density at radius 1 is 0.833 bits per heavy atom. The zero-order valence-electron chi connectivity index (χ0n) is 18.1. The molecule has 3 atom stereocenters. The van der Waals surface area contributed by atoms with Crippen LogP contribution in [-0.4, -0.2) is 53.9 Å². The number of benzene rings is 2. The summed E-state index contributed by atoms with van der Waals surface area (Å²) in [7, 11) is 7.99. The summed E-state index contributed by atoms with van der Waals surface area (Å²) >= 11 is 0. The summed E-state index contributed by atoms with van der Waals surface area (Å²) in [6.45, 7) is 0.564. The Morgan fingerprint density at radius 3 is 2.00 bits per heavy atom. The highest BCUT2D eigenvalue weighted by atomic mass is 16.5. The largest absolute Gasteiger partial charge is 0.493 e. The molecule has 1 fully saturated rings. The van der Waals surface area contributed by atoms with Crippen LogP contribution < -0.4 is 23.7 Å². The summed E-state index contributed by atoms with van der Waals surface area (Å²) in [6, 6.07) is 9.61. The van der Waals surface area contributed by atoms with Crippen LogP contribution in [0.25, 0.3) is 0 Å². The second-order valence-corrected chi connectivity index (χ2v) is 7.21. The van der Waals surface area contributed by atoms with E-state index in [0.29, 0.717) is 41.8 Å². The van der Waals surface area contributed by atoms with Gasteiger partial charge in [-0.3, -0.25) is 0 Å². The topological polar surface area (TPSA) is 75.6 Å². The molecule has 2 aromatic carbocycles. The maximum absolute atomic E-state index is 10.2. The molecule has 1 N–H and O–H groups in total. The fourth-order valence-corrected chi connectivity index (χ4v) is 4.11. The molecule has 7 nitrogen and oxygen atoms in total. The molecule has 1 heterocycles. The highest BCUT2D eigenvalue weighted by molar-refractivity contribution is 5.54. The number of methoxy groups -OCH3 is 5. The summed E-state index contributed by atoms with van der Waals surface area (Å²) in [4.78, 5) is 0. The fourth-order valence-electron chi connectivity index (χ4n) is 4.11. The van der Waals surface area contributed by atoms with Crippen molar-refractivity contribution in [1.82, 2.24) is 0 Å². The third kappa shape index (κ3) is 4.27. The molecular weight excluding hydrogens is 388 g/mol. The molecule has 0 spiro atoms. The van der Waals surface area contributed by atoms with Crippen molar-refractivity contribution in [3.63, 3.8) is 0 Å². The summed E-state index contributed by atoms with van der Waals surface area (Å²) < 4.78 is 33.2. The van der Waals surface area contributed by atoms with E-state index in [9.17, 15) is 5.11 Å². The first kappa shape index (κ1) is 22.1. The Hall–Kier alpha value is -2.64. The van der Waals surface area contributed by atoms with Gasteiger partial charge in [0.05, 0.1) is 48.3 Å². The fraction of sp³-hybridized carbons (Fsp3) is 0.478. The normalized spacial score (nSPS) is 20.7. The zero-order chi connectivity index (χ0) is 21.7. The number of hydrogen-bond acceptors (Lipinski definition) is 7. The zero-order valence-corrected chi connectivity index (χ0v) is 18.1. The molecule has 1 saturated heterocycles. The minimum Gasteiger partial charge on any atom is -0.493 e. The average molecular weight is 418 g/mol. The Morgan fingerprint density at radius 2 is 1.47 bits per heavy atom. The quantitative estimate of drug-likeness (QED) is 0.670. The van der Waals surface area contributed by atoms with Gasteiger partial charge in [0.1, 0.15) is 0 Å². The Bertz CT molecular complexity index is 826. The first-order valence-electron chi connectivity index (χ1n) is 9.83. The predicted molar refractivity (Wildman–Crippen MR) is 112 cm³/mol. The minimum absolute atomic E-state index is 0.0219. The van der Waals surface area contributed by atoms with Crippen LogP contribution >= 0.6 is 0 Å². The van der Waals surface area contributed by atoms with Crippen LogP contribution in [0.4, 0.5) is 0 Å². The Labute approximate surface area is 177 Å². The van der Waals surface area contributed by atoms with E-state index in [-0.39, 0.29) is 24.5 Å². The standard InChI is InChI=1S/C23H30O7/c1-25-18-7-6-15(11-19(18)26-2)22-17(12-24)16(13-30-22)8-14-9-20(27-3)23(29-5)21(10-14)28-4/h6-7,9-11,16-17,22,24H,8,12-13H2,1-5H3/t16-,17-,22+/m0/s1. The molecule has 0 bridgehead atoms. The van der Waals surface area contributed by atoms with E-state index in [4.69, 9.17) is 28.4 Å². The molecule has 0 saturated carbocycles. The molecule has 0 unspecified atom stereocenters. The molecular formula is C23H30O7. The summed E-state index contributed by atoms with van der Waals surface area (Å²) in [5, 5.41) is 10.2. The van der Waals surface area contributed by atoms with Gasteiger partial charge in [-0.1, -0.05) is 6.07 Å². The monoisotopic (exact) mass is 418 g/mol. The maximum atomic E-state index is 10.2. The van der Waals surface area contributed by atoms with Gasteiger partial charge in [-0.15, -0.1) is 0 Å². The van der Waals surface area contributed by atoms with E-state index in [1.807, 2.05) is 30.3 Å². The van der Waals surface area contributed by atoms with Crippen molar-refractivity contribution in [2.24, 2.45) is 11.8 Å². The number of aliphatic hydroxyl groups excluding tert-OH is 1. The van der Waals surface area contributed by atoms with Crippen molar-refractivity contribution in [2.45, 2.75) is 12.5 Å². The van der Waals surface area contributed by atoms with Crippen LogP contribution in [0.15, 0.2) is 30.3 Å². The first-order valence-corrected chi connectivity index (χ1v) is 9.83. The lowest BCUT2D eigenvalue weighted by atomic mass is 9.84. The number of rotatable bonds is 9. The molecule has 0 amide bonds. The van der Waals surface area contributed by atoms with E-state index >= 15 is 0 Å². The van der Waals surface area contributed by atoms with Crippen molar-refractivity contribution < 1.29 is 33.5 Å². The van der Waals surface area contributed by atoms with Crippen LogP contribution in [-0.2, 0) is 11.2 Å². The maximum Gasteiger partial charge on any atom is 0.203 e. The van der Waals surface area contributed by atoms with Crippen LogP contribution in [0.5, 0.6) is 28.7 Å². The highest BCUT2D eigenvalue weighted by Gasteiger charge is 2.38. The lowest BCUT2D eigenvalue weighted by Crippen LogP contribution is -2.21. The van der Waals surface area contributed by atoms with Crippen LogP contribution in [0.1, 0.15) is 17.2 Å². The summed E-state index contributed by atoms with van der Waals surface area (Å²) in [5.41, 5.74) is 1.99. The molecule has 7 heteroatoms. The molecule has 1 aliphatic heterocycles. The SMILES string of the molecule is COc1ccc([C@H]2OC[C@H](Cc3cc(OC)c(OC)c(OC)c3)[C@@H]2CO)cc1OC. The third-order valence-electron chi connectivity index (χ3n) is 5.65. The Kier molecular flexibility index (Phi) is 7.29. The van der Waals surface area contributed by atoms with Gasteiger partial charge in [0.15, 0.2) is 23.0 Å². The molecule has 0 aliphatic carbocycles. The lowest BCUT2D eigenvalue weighted by Gasteiger charge is -2.22. The molecule has 2 aromatic rings. The van der Waals surface area contributed by atoms with Crippen LogP contribution in [0, 0.1) is 11.8 Å². The highest BCUT2D eigenvalue weighted by Crippen LogP contribution is 2.44. The summed E-state index contributed by atoms with van der Waals surface area (Å²) in [5.74, 6) is 3.18. The number of hydrogen-bond donors (Lipinski definition) is 1. The molecule has 1 aliphatic rings. The van der Waals surface area contributed by atoms with Crippen LogP contribution in [0.3, 0.4) is 0 Å². The molecule has 0 radical (unpaired) electrons. The predicted octanol–water partition coefficient (Wildman–Crippen LogP) is 3.27. The Balaban J connectivity index is 1.84. The van der Waals surface area contributed by atoms with E-state index in [1.54, 1.807) is 35.5 Å². The first-order chi connectivity index (χ1) is 14.6. The molecule has 164 valence electrons. The number of aliphatic hydroxyl groups is 1. The van der Waals surface area contributed by atoms with E-state index < -0.39 is 0 Å². The van der Waals surface area contributed by atoms with E-state index in [1.165, 1.54) is 0 Å². The van der Waals surface area contributed by atoms with Gasteiger partial charge in [0.25, 0.3) is 0 Å². The molecule has 0 aromatic heterocycles. The summed E-state index contributed by atoms with van der Waals surface area (Å²) in [6.07, 6.45) is 0.494. The van der Waals surface area contributed by atoms with Crippen molar-refractivity contribution in [1.29, 1.82) is 0 Å². The minimum atomic E-state index is -0.221. The van der Waals surface area contributed by atoms with Gasteiger partial charge in [-0.25, -0.2) is 0 Å². The second kappa shape index (κ2) is 9.91. The van der Waals surface area contributed by atoms with Crippen molar-refractivity contribution in [3.8, 4) is 28.7 Å². The third-order valence-corrected chi connectivity index (χ3v) is 5.65. The van der Waals surface area contributed by atoms with Gasteiger partial charge >= 0.3 is 0 Å². The van der Waals surface area contributed by atoms with E-state index in [2.05, 4.69) is 0 Å². The van der Waals surface area contributed by atoms with Gasteiger partial charge in [0, 0.05) is 12.5 Å². The average Bonchev–Trinajstić information content (AvgIpc) is 3.19. The number of ether oxygens (including phenoxy) is 6. The van der Waals surface area contributed by atoms with Gasteiger partial charge in [-0.05, 0) is 47.7 Å². The van der Waals surface area contributed by atoms with Crippen molar-refractivity contribution in [3.05, 3.63) is 41.5 Å². The van der Waals surface area contributed by atoms with Gasteiger partial charge in [-0.2, -0.15) is 0 Å². The smallest absolute Gasteiger partial charge is 0.203 e. The van der Waals surface area contributed by atoms with Crippen molar-refractivity contribution >= 4 is 0 Å². The van der Waals surface area contributed by atoms with Crippen molar-refractivity contribution in [2.75, 3.05) is 48.8 Å². The van der Waals surface area contributed by atoms with Gasteiger partial charge < -0.3 is 33.5 Å². The van der Waals surface area contributed by atoms with Gasteiger partial charge in [0.2, 0.25) is 5.75 Å². The lowest BCUT2D eigenvalue weighted by molar-refractivity contribution is 0.0717. The van der Waals surface area contributed by atoms with E-state index in [0.717, 1.165) is 11.1 Å². The second-order valence-electron chi connectivity index (χ2n) is 7.21. The molecule has 3 rings (SSSR count). The molecule has 30 heavy (non-hydrogen) atoms.